The van der Waals surface area contributed by atoms with Crippen molar-refractivity contribution in [2.45, 2.75) is 32.4 Å². The first-order valence-corrected chi connectivity index (χ1v) is 11.6. The Balaban J connectivity index is 1.62. The zero-order chi connectivity index (χ0) is 23.7. The molecule has 2 heterocycles. The second kappa shape index (κ2) is 9.10. The Morgan fingerprint density at radius 2 is 1.68 bits per heavy atom. The number of fused-ring (bicyclic) bond motifs is 3. The lowest BCUT2D eigenvalue weighted by Crippen LogP contribution is -2.38. The molecule has 0 bridgehead atoms. The molecule has 3 aromatic carbocycles. The van der Waals surface area contributed by atoms with E-state index in [2.05, 4.69) is 72.4 Å². The fraction of sp³-hybridized carbons (Fsp3) is 0.207. The van der Waals surface area contributed by atoms with Gasteiger partial charge in [0.1, 0.15) is 5.75 Å². The van der Waals surface area contributed by atoms with Gasteiger partial charge in [0.05, 0.1) is 31.1 Å². The van der Waals surface area contributed by atoms with Gasteiger partial charge in [-0.05, 0) is 52.9 Å². The lowest BCUT2D eigenvalue weighted by molar-refractivity contribution is 0.194. The van der Waals surface area contributed by atoms with E-state index in [4.69, 9.17) is 4.74 Å². The topological polar surface area (TPSA) is 46.5 Å². The molecule has 1 N–H and O–H groups in total. The van der Waals surface area contributed by atoms with Crippen molar-refractivity contribution in [3.05, 3.63) is 114 Å². The lowest BCUT2D eigenvalue weighted by atomic mass is 9.97. The predicted molar refractivity (Wildman–Crippen MR) is 136 cm³/mol. The zero-order valence-corrected chi connectivity index (χ0v) is 19.7. The van der Waals surface area contributed by atoms with E-state index in [0.717, 1.165) is 22.5 Å². The third kappa shape index (κ3) is 3.94. The van der Waals surface area contributed by atoms with Crippen LogP contribution in [0.5, 0.6) is 5.75 Å². The van der Waals surface area contributed by atoms with Crippen molar-refractivity contribution in [3.63, 3.8) is 0 Å². The fourth-order valence-electron chi connectivity index (χ4n) is 4.69. The van der Waals surface area contributed by atoms with Crippen molar-refractivity contribution < 1.29 is 9.53 Å². The number of nitrogens with zero attached hydrogens (tertiary/aromatic N) is 2. The summed E-state index contributed by atoms with van der Waals surface area (Å²) in [4.78, 5) is 15.8. The smallest absolute Gasteiger partial charge is 0.323 e. The Morgan fingerprint density at radius 1 is 0.941 bits per heavy atom. The standard InChI is InChI=1S/C29H29N3O2/c1-20(2)21-14-16-22(17-15-21)28-26-12-8-18-31(26)25-11-6-4-9-23(25)19-32(28)29(33)30-24-10-5-7-13-27(24)34-3/h4-18,20,28H,19H2,1-3H3,(H,30,33)/t28-/m0/s1. The third-order valence-electron chi connectivity index (χ3n) is 6.49. The highest BCUT2D eigenvalue weighted by molar-refractivity contribution is 5.91. The van der Waals surface area contributed by atoms with E-state index in [1.807, 2.05) is 47.4 Å². The molecule has 0 unspecified atom stereocenters. The highest BCUT2D eigenvalue weighted by Crippen LogP contribution is 2.37. The summed E-state index contributed by atoms with van der Waals surface area (Å²) in [6.45, 7) is 4.86. The second-order valence-corrected chi connectivity index (χ2v) is 8.91. The Hall–Kier alpha value is -3.99. The first-order chi connectivity index (χ1) is 16.6. The maximum Gasteiger partial charge on any atom is 0.323 e. The summed E-state index contributed by atoms with van der Waals surface area (Å²) in [6.07, 6.45) is 2.07. The van der Waals surface area contributed by atoms with Gasteiger partial charge in [0, 0.05) is 11.9 Å². The Labute approximate surface area is 200 Å². The minimum atomic E-state index is -0.252. The van der Waals surface area contributed by atoms with Gasteiger partial charge in [0.2, 0.25) is 0 Å². The van der Waals surface area contributed by atoms with Gasteiger partial charge in [-0.1, -0.05) is 68.4 Å². The van der Waals surface area contributed by atoms with Crippen molar-refractivity contribution in [1.82, 2.24) is 9.47 Å². The van der Waals surface area contributed by atoms with Gasteiger partial charge >= 0.3 is 6.03 Å². The molecule has 34 heavy (non-hydrogen) atoms. The van der Waals surface area contributed by atoms with E-state index in [9.17, 15) is 4.79 Å². The quantitative estimate of drug-likeness (QED) is 0.373. The number of anilines is 1. The molecule has 1 aromatic heterocycles. The number of carbonyl (C=O) groups is 1. The van der Waals surface area contributed by atoms with Gasteiger partial charge in [0.15, 0.2) is 0 Å². The predicted octanol–water partition coefficient (Wildman–Crippen LogP) is 6.75. The number of urea groups is 1. The van der Waals surface area contributed by atoms with E-state index in [-0.39, 0.29) is 12.1 Å². The van der Waals surface area contributed by atoms with Gasteiger partial charge in [-0.2, -0.15) is 0 Å². The van der Waals surface area contributed by atoms with E-state index in [1.165, 1.54) is 5.56 Å². The molecule has 1 atom stereocenters. The molecular weight excluding hydrogens is 422 g/mol. The molecule has 5 heteroatoms. The number of carbonyl (C=O) groups excluding carboxylic acids is 1. The number of amides is 2. The van der Waals surface area contributed by atoms with E-state index < -0.39 is 0 Å². The normalized spacial score (nSPS) is 14.8. The van der Waals surface area contributed by atoms with Crippen LogP contribution in [0.25, 0.3) is 5.69 Å². The van der Waals surface area contributed by atoms with Crippen molar-refractivity contribution in [2.24, 2.45) is 0 Å². The largest absolute Gasteiger partial charge is 0.495 e. The van der Waals surface area contributed by atoms with Crippen LogP contribution in [0, 0.1) is 0 Å². The number of ether oxygens (including phenoxy) is 1. The Kier molecular flexibility index (Phi) is 5.84. The first-order valence-electron chi connectivity index (χ1n) is 11.6. The summed E-state index contributed by atoms with van der Waals surface area (Å²) < 4.78 is 7.67. The molecule has 1 aliphatic heterocycles. The summed E-state index contributed by atoms with van der Waals surface area (Å²) in [5, 5.41) is 3.09. The van der Waals surface area contributed by atoms with Gasteiger partial charge < -0.3 is 19.5 Å². The highest BCUT2D eigenvalue weighted by Gasteiger charge is 2.33. The summed E-state index contributed by atoms with van der Waals surface area (Å²) in [5.74, 6) is 1.08. The number of benzene rings is 3. The molecule has 0 saturated carbocycles. The molecule has 1 aliphatic rings. The van der Waals surface area contributed by atoms with Crippen LogP contribution in [-0.2, 0) is 6.54 Å². The highest BCUT2D eigenvalue weighted by atomic mass is 16.5. The van der Waals surface area contributed by atoms with Crippen LogP contribution in [0.4, 0.5) is 10.5 Å². The summed E-state index contributed by atoms with van der Waals surface area (Å²) in [7, 11) is 1.61. The molecule has 0 aliphatic carbocycles. The van der Waals surface area contributed by atoms with E-state index in [1.54, 1.807) is 7.11 Å². The number of aromatic nitrogens is 1. The van der Waals surface area contributed by atoms with E-state index >= 15 is 0 Å². The molecule has 0 spiro atoms. The number of para-hydroxylation sites is 3. The van der Waals surface area contributed by atoms with Crippen LogP contribution in [0.2, 0.25) is 0 Å². The van der Waals surface area contributed by atoms with Gasteiger partial charge in [-0.25, -0.2) is 4.79 Å². The first kappa shape index (κ1) is 21.8. The van der Waals surface area contributed by atoms with Crippen LogP contribution >= 0.6 is 0 Å². The molecule has 4 aromatic rings. The second-order valence-electron chi connectivity index (χ2n) is 8.91. The van der Waals surface area contributed by atoms with Crippen molar-refractivity contribution >= 4 is 11.7 Å². The molecule has 0 fully saturated rings. The number of nitrogens with one attached hydrogen (secondary N) is 1. The molecule has 2 amide bonds. The number of hydrogen-bond acceptors (Lipinski definition) is 2. The van der Waals surface area contributed by atoms with Gasteiger partial charge in [0.25, 0.3) is 0 Å². The maximum atomic E-state index is 13.8. The van der Waals surface area contributed by atoms with Crippen LogP contribution in [0.15, 0.2) is 91.1 Å². The van der Waals surface area contributed by atoms with Crippen LogP contribution in [0.3, 0.4) is 0 Å². The van der Waals surface area contributed by atoms with Gasteiger partial charge in [-0.15, -0.1) is 0 Å². The minimum Gasteiger partial charge on any atom is -0.495 e. The zero-order valence-electron chi connectivity index (χ0n) is 19.7. The number of methoxy groups -OCH3 is 1. The van der Waals surface area contributed by atoms with Crippen molar-refractivity contribution in [2.75, 3.05) is 12.4 Å². The molecule has 0 saturated heterocycles. The average Bonchev–Trinajstić information content (AvgIpc) is 3.28. The SMILES string of the molecule is COc1ccccc1NC(=O)N1Cc2ccccc2-n2cccc2[C@@H]1c1ccc(C(C)C)cc1. The number of rotatable bonds is 4. The average molecular weight is 452 g/mol. The molecule has 172 valence electrons. The maximum absolute atomic E-state index is 13.8. The number of hydrogen-bond donors (Lipinski definition) is 1. The van der Waals surface area contributed by atoms with Crippen molar-refractivity contribution in [1.29, 1.82) is 0 Å². The Bertz CT molecular complexity index is 1310. The van der Waals surface area contributed by atoms with Crippen LogP contribution in [0.1, 0.15) is 48.2 Å². The molecule has 5 rings (SSSR count). The Morgan fingerprint density at radius 3 is 2.44 bits per heavy atom. The summed E-state index contributed by atoms with van der Waals surface area (Å²) >= 11 is 0. The van der Waals surface area contributed by atoms with Crippen LogP contribution < -0.4 is 10.1 Å². The summed E-state index contributed by atoms with van der Waals surface area (Å²) in [6, 6.07) is 28.1. The monoisotopic (exact) mass is 451 g/mol. The molecule has 0 radical (unpaired) electrons. The lowest BCUT2D eigenvalue weighted by Gasteiger charge is -2.31. The molecule has 5 nitrogen and oxygen atoms in total. The van der Waals surface area contributed by atoms with Gasteiger partial charge in [-0.3, -0.25) is 0 Å². The third-order valence-corrected chi connectivity index (χ3v) is 6.49. The summed E-state index contributed by atoms with van der Waals surface area (Å²) in [5.41, 5.74) is 6.25. The van der Waals surface area contributed by atoms with Crippen LogP contribution in [-0.4, -0.2) is 22.6 Å². The fourth-order valence-corrected chi connectivity index (χ4v) is 4.69. The molecular formula is C29H29N3O2. The van der Waals surface area contributed by atoms with Crippen molar-refractivity contribution in [3.8, 4) is 11.4 Å². The minimum absolute atomic E-state index is 0.174. The van der Waals surface area contributed by atoms with E-state index in [0.29, 0.717) is 23.9 Å².